The van der Waals surface area contributed by atoms with Crippen molar-refractivity contribution in [3.63, 3.8) is 0 Å². The number of carbonyl (C=O) groups is 1. The molecule has 1 atom stereocenters. The predicted octanol–water partition coefficient (Wildman–Crippen LogP) is 3.62. The van der Waals surface area contributed by atoms with E-state index in [1.165, 1.54) is 32.1 Å². The Kier molecular flexibility index (Phi) is 4.86. The van der Waals surface area contributed by atoms with Gasteiger partial charge in [0, 0.05) is 5.57 Å². The van der Waals surface area contributed by atoms with Crippen LogP contribution >= 0.6 is 0 Å². The topological polar surface area (TPSA) is 37.3 Å². The Morgan fingerprint density at radius 1 is 1.40 bits per heavy atom. The maximum Gasteiger partial charge on any atom is 0.330 e. The fraction of sp³-hybridized carbons (Fsp3) is 0.769. The largest absolute Gasteiger partial charge is 0.478 e. The summed E-state index contributed by atoms with van der Waals surface area (Å²) in [4.78, 5) is 10.8. The van der Waals surface area contributed by atoms with Crippen LogP contribution in [0.1, 0.15) is 52.4 Å². The summed E-state index contributed by atoms with van der Waals surface area (Å²) in [5.74, 6) is 0.420. The molecule has 0 radical (unpaired) electrons. The van der Waals surface area contributed by atoms with Crippen molar-refractivity contribution in [2.45, 2.75) is 52.4 Å². The van der Waals surface area contributed by atoms with Crippen LogP contribution in [0.15, 0.2) is 11.6 Å². The third kappa shape index (κ3) is 3.69. The smallest absolute Gasteiger partial charge is 0.330 e. The number of hydrogen-bond donors (Lipinski definition) is 1. The third-order valence-electron chi connectivity index (χ3n) is 3.53. The summed E-state index contributed by atoms with van der Waals surface area (Å²) in [5.41, 5.74) is 0.507. The van der Waals surface area contributed by atoms with Crippen molar-refractivity contribution >= 4 is 5.97 Å². The van der Waals surface area contributed by atoms with E-state index in [0.717, 1.165) is 12.3 Å². The van der Waals surface area contributed by atoms with Gasteiger partial charge in [-0.05, 0) is 38.0 Å². The van der Waals surface area contributed by atoms with Crippen molar-refractivity contribution in [3.05, 3.63) is 11.6 Å². The van der Waals surface area contributed by atoms with Crippen LogP contribution in [-0.2, 0) is 4.79 Å². The predicted molar refractivity (Wildman–Crippen MR) is 61.7 cm³/mol. The van der Waals surface area contributed by atoms with Crippen LogP contribution in [-0.4, -0.2) is 11.1 Å². The van der Waals surface area contributed by atoms with Gasteiger partial charge >= 0.3 is 5.97 Å². The highest BCUT2D eigenvalue weighted by Crippen LogP contribution is 2.32. The Hall–Kier alpha value is -0.790. The van der Waals surface area contributed by atoms with Gasteiger partial charge in [0.15, 0.2) is 0 Å². The SMILES string of the molecule is CCC(C=C(C)C(=O)O)C1CCCCC1. The fourth-order valence-corrected chi connectivity index (χ4v) is 2.54. The molecule has 1 aliphatic carbocycles. The van der Waals surface area contributed by atoms with Gasteiger partial charge in [-0.25, -0.2) is 4.79 Å². The molecule has 0 aromatic rings. The van der Waals surface area contributed by atoms with Crippen LogP contribution in [0.5, 0.6) is 0 Å². The first kappa shape index (κ1) is 12.3. The highest BCUT2D eigenvalue weighted by atomic mass is 16.4. The van der Waals surface area contributed by atoms with Gasteiger partial charge in [-0.15, -0.1) is 0 Å². The quantitative estimate of drug-likeness (QED) is 0.719. The van der Waals surface area contributed by atoms with Gasteiger partial charge in [-0.2, -0.15) is 0 Å². The molecule has 0 heterocycles. The van der Waals surface area contributed by atoms with E-state index in [9.17, 15) is 4.79 Å². The molecule has 15 heavy (non-hydrogen) atoms. The second-order valence-corrected chi connectivity index (χ2v) is 4.63. The lowest BCUT2D eigenvalue weighted by molar-refractivity contribution is -0.132. The average molecular weight is 210 g/mol. The third-order valence-corrected chi connectivity index (χ3v) is 3.53. The maximum absolute atomic E-state index is 10.8. The van der Waals surface area contributed by atoms with Crippen molar-refractivity contribution in [2.24, 2.45) is 11.8 Å². The summed E-state index contributed by atoms with van der Waals surface area (Å²) < 4.78 is 0. The second-order valence-electron chi connectivity index (χ2n) is 4.63. The molecule has 1 fully saturated rings. The molecular weight excluding hydrogens is 188 g/mol. The molecule has 0 saturated heterocycles. The van der Waals surface area contributed by atoms with Crippen LogP contribution in [0.25, 0.3) is 0 Å². The summed E-state index contributed by atoms with van der Waals surface area (Å²) in [5, 5.41) is 8.86. The van der Waals surface area contributed by atoms with E-state index in [1.807, 2.05) is 6.08 Å². The van der Waals surface area contributed by atoms with Gasteiger partial charge in [0.05, 0.1) is 0 Å². The highest BCUT2D eigenvalue weighted by molar-refractivity contribution is 5.85. The number of hydrogen-bond acceptors (Lipinski definition) is 1. The van der Waals surface area contributed by atoms with Gasteiger partial charge in [0.2, 0.25) is 0 Å². The Morgan fingerprint density at radius 3 is 2.47 bits per heavy atom. The van der Waals surface area contributed by atoms with E-state index in [-0.39, 0.29) is 0 Å². The molecule has 1 rings (SSSR count). The summed E-state index contributed by atoms with van der Waals surface area (Å²) in [6.45, 7) is 3.86. The van der Waals surface area contributed by atoms with Gasteiger partial charge in [0.25, 0.3) is 0 Å². The minimum Gasteiger partial charge on any atom is -0.478 e. The van der Waals surface area contributed by atoms with Crippen molar-refractivity contribution < 1.29 is 9.90 Å². The van der Waals surface area contributed by atoms with E-state index in [0.29, 0.717) is 11.5 Å². The summed E-state index contributed by atoms with van der Waals surface area (Å²) in [6, 6.07) is 0. The molecule has 0 amide bonds. The lowest BCUT2D eigenvalue weighted by Crippen LogP contribution is -2.16. The number of rotatable bonds is 4. The number of allylic oxidation sites excluding steroid dienone is 1. The van der Waals surface area contributed by atoms with Crippen LogP contribution in [0, 0.1) is 11.8 Å². The van der Waals surface area contributed by atoms with Gasteiger partial charge < -0.3 is 5.11 Å². The van der Waals surface area contributed by atoms with Gasteiger partial charge in [0.1, 0.15) is 0 Å². The summed E-state index contributed by atoms with van der Waals surface area (Å²) >= 11 is 0. The zero-order chi connectivity index (χ0) is 11.3. The normalized spacial score (nSPS) is 21.3. The first-order valence-corrected chi connectivity index (χ1v) is 6.06. The van der Waals surface area contributed by atoms with Crippen LogP contribution < -0.4 is 0 Å². The Bertz CT molecular complexity index is 237. The number of aliphatic carboxylic acids is 1. The molecule has 0 aliphatic heterocycles. The van der Waals surface area contributed by atoms with Gasteiger partial charge in [-0.3, -0.25) is 0 Å². The highest BCUT2D eigenvalue weighted by Gasteiger charge is 2.21. The molecular formula is C13H22O2. The van der Waals surface area contributed by atoms with Crippen molar-refractivity contribution in [2.75, 3.05) is 0 Å². The molecule has 0 spiro atoms. The van der Waals surface area contributed by atoms with E-state index < -0.39 is 5.97 Å². The minimum absolute atomic E-state index is 0.474. The molecule has 1 aliphatic rings. The van der Waals surface area contributed by atoms with Crippen LogP contribution in [0.3, 0.4) is 0 Å². The molecule has 1 unspecified atom stereocenters. The standard InChI is InChI=1S/C13H22O2/c1-3-11(9-10(2)13(14)15)12-7-5-4-6-8-12/h9,11-12H,3-8H2,1-2H3,(H,14,15). The first-order chi connectivity index (χ1) is 7.15. The Balaban J connectivity index is 2.61. The van der Waals surface area contributed by atoms with Crippen LogP contribution in [0.2, 0.25) is 0 Å². The molecule has 2 nitrogen and oxygen atoms in total. The number of carboxylic acids is 1. The zero-order valence-electron chi connectivity index (χ0n) is 9.83. The van der Waals surface area contributed by atoms with Crippen molar-refractivity contribution in [1.82, 2.24) is 0 Å². The number of carboxylic acid groups (broad SMARTS) is 1. The molecule has 0 aromatic carbocycles. The summed E-state index contributed by atoms with van der Waals surface area (Å²) in [7, 11) is 0. The fourth-order valence-electron chi connectivity index (χ4n) is 2.54. The molecule has 86 valence electrons. The van der Waals surface area contributed by atoms with E-state index in [2.05, 4.69) is 6.92 Å². The van der Waals surface area contributed by atoms with E-state index >= 15 is 0 Å². The average Bonchev–Trinajstić information content (AvgIpc) is 2.26. The lowest BCUT2D eigenvalue weighted by atomic mass is 9.78. The first-order valence-electron chi connectivity index (χ1n) is 6.06. The maximum atomic E-state index is 10.8. The molecule has 0 bridgehead atoms. The second kappa shape index (κ2) is 5.94. The zero-order valence-corrected chi connectivity index (χ0v) is 9.83. The van der Waals surface area contributed by atoms with Crippen LogP contribution in [0.4, 0.5) is 0 Å². The molecule has 0 aromatic heterocycles. The molecule has 1 N–H and O–H groups in total. The monoisotopic (exact) mass is 210 g/mol. The van der Waals surface area contributed by atoms with Gasteiger partial charge in [-0.1, -0.05) is 32.3 Å². The lowest BCUT2D eigenvalue weighted by Gasteiger charge is -2.27. The molecule has 1 saturated carbocycles. The molecule has 2 heteroatoms. The van der Waals surface area contributed by atoms with E-state index in [4.69, 9.17) is 5.11 Å². The Morgan fingerprint density at radius 2 is 2.00 bits per heavy atom. The van der Waals surface area contributed by atoms with Crippen molar-refractivity contribution in [1.29, 1.82) is 0 Å². The summed E-state index contributed by atoms with van der Waals surface area (Å²) in [6.07, 6.45) is 9.59. The van der Waals surface area contributed by atoms with Crippen molar-refractivity contribution in [3.8, 4) is 0 Å². The van der Waals surface area contributed by atoms with E-state index in [1.54, 1.807) is 6.92 Å². The minimum atomic E-state index is -0.774. The Labute approximate surface area is 92.4 Å².